The van der Waals surface area contributed by atoms with E-state index in [9.17, 15) is 35.1 Å². The zero-order chi connectivity index (χ0) is 22.8. The first-order chi connectivity index (χ1) is 14.7. The Hall–Kier alpha value is -4.13. The molecule has 1 aliphatic carbocycles. The number of methoxy groups -OCH3 is 1. The molecular weight excluding hydrogens is 406 g/mol. The SMILES string of the molecule is COC(=O)C1(C#N)[C@H](c2cccc([N+](=O)[O-])c2)CC(=O)C[C@H]1c1cccc([N+](=O)[O-])c1. The van der Waals surface area contributed by atoms with Crippen LogP contribution in [0, 0.1) is 37.0 Å². The third-order valence-corrected chi connectivity index (χ3v) is 5.64. The highest BCUT2D eigenvalue weighted by atomic mass is 16.6. The number of carbonyl (C=O) groups is 2. The highest BCUT2D eigenvalue weighted by Crippen LogP contribution is 2.55. The van der Waals surface area contributed by atoms with Gasteiger partial charge in [-0.2, -0.15) is 5.26 Å². The van der Waals surface area contributed by atoms with Crippen LogP contribution in [-0.2, 0) is 14.3 Å². The smallest absolute Gasteiger partial charge is 0.327 e. The molecule has 2 aromatic rings. The lowest BCUT2D eigenvalue weighted by Crippen LogP contribution is -2.47. The van der Waals surface area contributed by atoms with Crippen molar-refractivity contribution in [1.82, 2.24) is 0 Å². The van der Waals surface area contributed by atoms with Crippen molar-refractivity contribution in [3.63, 3.8) is 0 Å². The van der Waals surface area contributed by atoms with E-state index in [1.54, 1.807) is 0 Å². The van der Waals surface area contributed by atoms with Gasteiger partial charge in [0, 0.05) is 48.9 Å². The summed E-state index contributed by atoms with van der Waals surface area (Å²) in [4.78, 5) is 46.9. The number of carbonyl (C=O) groups excluding carboxylic acids is 2. The number of nitro benzene ring substituents is 2. The Morgan fingerprint density at radius 1 is 1.03 bits per heavy atom. The third kappa shape index (κ3) is 3.73. The van der Waals surface area contributed by atoms with Crippen molar-refractivity contribution < 1.29 is 24.2 Å². The van der Waals surface area contributed by atoms with Gasteiger partial charge in [-0.3, -0.25) is 29.8 Å². The summed E-state index contributed by atoms with van der Waals surface area (Å²) < 4.78 is 4.94. The van der Waals surface area contributed by atoms with Crippen molar-refractivity contribution in [3.05, 3.63) is 79.9 Å². The molecule has 0 spiro atoms. The van der Waals surface area contributed by atoms with Crippen molar-refractivity contribution in [2.45, 2.75) is 24.7 Å². The van der Waals surface area contributed by atoms with Gasteiger partial charge in [-0.25, -0.2) is 0 Å². The average Bonchev–Trinajstić information content (AvgIpc) is 2.78. The number of nitrogens with zero attached hydrogens (tertiary/aromatic N) is 3. The van der Waals surface area contributed by atoms with E-state index < -0.39 is 33.1 Å². The van der Waals surface area contributed by atoms with E-state index in [0.717, 1.165) is 7.11 Å². The van der Waals surface area contributed by atoms with Crippen LogP contribution in [0.2, 0.25) is 0 Å². The number of benzene rings is 2. The largest absolute Gasteiger partial charge is 0.468 e. The van der Waals surface area contributed by atoms with Crippen LogP contribution < -0.4 is 0 Å². The number of hydrogen-bond acceptors (Lipinski definition) is 8. The van der Waals surface area contributed by atoms with Gasteiger partial charge in [0.2, 0.25) is 0 Å². The van der Waals surface area contributed by atoms with Gasteiger partial charge in [0.05, 0.1) is 23.0 Å². The van der Waals surface area contributed by atoms with Crippen molar-refractivity contribution in [2.24, 2.45) is 5.41 Å². The second-order valence-electron chi connectivity index (χ2n) is 7.23. The van der Waals surface area contributed by atoms with Crippen molar-refractivity contribution in [1.29, 1.82) is 5.26 Å². The van der Waals surface area contributed by atoms with Gasteiger partial charge < -0.3 is 4.74 Å². The van der Waals surface area contributed by atoms with E-state index >= 15 is 0 Å². The van der Waals surface area contributed by atoms with Crippen molar-refractivity contribution in [2.75, 3.05) is 7.11 Å². The lowest BCUT2D eigenvalue weighted by molar-refractivity contribution is -0.385. The molecule has 0 saturated heterocycles. The van der Waals surface area contributed by atoms with E-state index in [4.69, 9.17) is 4.74 Å². The van der Waals surface area contributed by atoms with E-state index in [0.29, 0.717) is 0 Å². The molecule has 0 amide bonds. The van der Waals surface area contributed by atoms with Gasteiger partial charge in [-0.05, 0) is 11.1 Å². The number of ketones is 1. The van der Waals surface area contributed by atoms with Crippen molar-refractivity contribution in [3.8, 4) is 6.07 Å². The summed E-state index contributed by atoms with van der Waals surface area (Å²) in [6, 6.07) is 12.8. The highest BCUT2D eigenvalue weighted by Gasteiger charge is 2.58. The molecule has 0 aliphatic heterocycles. The number of ether oxygens (including phenoxy) is 1. The predicted octanol–water partition coefficient (Wildman–Crippen LogP) is 3.42. The number of non-ortho nitro benzene ring substituents is 2. The van der Waals surface area contributed by atoms with Crippen molar-refractivity contribution >= 4 is 23.1 Å². The van der Waals surface area contributed by atoms with Crippen LogP contribution in [0.5, 0.6) is 0 Å². The third-order valence-electron chi connectivity index (χ3n) is 5.64. The van der Waals surface area contributed by atoms with Gasteiger partial charge in [0.25, 0.3) is 11.4 Å². The molecule has 31 heavy (non-hydrogen) atoms. The Kier molecular flexibility index (Phi) is 5.79. The Labute approximate surface area is 176 Å². The van der Waals surface area contributed by atoms with Crippen LogP contribution >= 0.6 is 0 Å². The first kappa shape index (κ1) is 21.6. The molecule has 10 nitrogen and oxygen atoms in total. The van der Waals surface area contributed by atoms with Crippen LogP contribution in [0.3, 0.4) is 0 Å². The number of nitriles is 1. The molecule has 0 unspecified atom stereocenters. The minimum absolute atomic E-state index is 0.199. The fourth-order valence-corrected chi connectivity index (χ4v) is 4.23. The van der Waals surface area contributed by atoms with Crippen LogP contribution in [-0.4, -0.2) is 28.7 Å². The number of hydrogen-bond donors (Lipinski definition) is 0. The molecule has 0 radical (unpaired) electrons. The van der Waals surface area contributed by atoms with Gasteiger partial charge in [0.1, 0.15) is 5.78 Å². The topological polar surface area (TPSA) is 153 Å². The summed E-state index contributed by atoms with van der Waals surface area (Å²) in [5.74, 6) is -3.25. The summed E-state index contributed by atoms with van der Waals surface area (Å²) in [6.45, 7) is 0. The summed E-state index contributed by atoms with van der Waals surface area (Å²) in [6.07, 6.45) is -0.398. The number of Topliss-reactive ketones (excluding diaryl/α,β-unsaturated/α-hetero) is 1. The minimum Gasteiger partial charge on any atom is -0.468 e. The fraction of sp³-hybridized carbons (Fsp3) is 0.286. The number of rotatable bonds is 5. The van der Waals surface area contributed by atoms with Gasteiger partial charge in [-0.1, -0.05) is 24.3 Å². The molecule has 0 heterocycles. The summed E-state index contributed by atoms with van der Waals surface area (Å²) in [5.41, 5.74) is -1.87. The fourth-order valence-electron chi connectivity index (χ4n) is 4.23. The minimum atomic E-state index is -1.91. The number of nitro groups is 2. The first-order valence-corrected chi connectivity index (χ1v) is 9.24. The molecule has 158 valence electrons. The molecule has 0 aromatic heterocycles. The molecule has 3 rings (SSSR count). The second kappa shape index (κ2) is 8.31. The molecular formula is C21H17N3O7. The molecule has 1 saturated carbocycles. The van der Waals surface area contributed by atoms with E-state index in [1.807, 2.05) is 6.07 Å². The van der Waals surface area contributed by atoms with Crippen LogP contribution in [0.1, 0.15) is 35.8 Å². The molecule has 2 aromatic carbocycles. The van der Waals surface area contributed by atoms with E-state index in [2.05, 4.69) is 0 Å². The number of esters is 1. The predicted molar refractivity (Wildman–Crippen MR) is 106 cm³/mol. The Balaban J connectivity index is 2.25. The van der Waals surface area contributed by atoms with E-state index in [-0.39, 0.29) is 41.1 Å². The summed E-state index contributed by atoms with van der Waals surface area (Å²) >= 11 is 0. The molecule has 0 bridgehead atoms. The average molecular weight is 423 g/mol. The maximum atomic E-state index is 13.0. The lowest BCUT2D eigenvalue weighted by Gasteiger charge is -2.42. The molecule has 1 aliphatic rings. The standard InChI is InChI=1S/C21H17N3O7/c1-31-20(26)21(12-22)18(13-4-2-6-15(8-13)23(27)28)10-17(25)11-19(21)14-5-3-7-16(9-14)24(29)30/h2-9,18-19H,10-11H2,1H3/t18-,19-/m0/s1. The molecule has 10 heteroatoms. The maximum absolute atomic E-state index is 13.0. The quantitative estimate of drug-likeness (QED) is 0.403. The van der Waals surface area contributed by atoms with Crippen LogP contribution in [0.15, 0.2) is 48.5 Å². The Morgan fingerprint density at radius 3 is 1.84 bits per heavy atom. The maximum Gasteiger partial charge on any atom is 0.327 e. The normalized spacial score (nSPS) is 19.8. The summed E-state index contributed by atoms with van der Waals surface area (Å²) in [7, 11) is 1.10. The van der Waals surface area contributed by atoms with Gasteiger partial charge >= 0.3 is 5.97 Å². The van der Waals surface area contributed by atoms with Crippen LogP contribution in [0.25, 0.3) is 0 Å². The Bertz CT molecular complexity index is 1050. The Morgan fingerprint density at radius 2 is 1.48 bits per heavy atom. The van der Waals surface area contributed by atoms with Gasteiger partial charge in [-0.15, -0.1) is 0 Å². The lowest BCUT2D eigenvalue weighted by atomic mass is 9.56. The van der Waals surface area contributed by atoms with Crippen LogP contribution in [0.4, 0.5) is 11.4 Å². The van der Waals surface area contributed by atoms with Gasteiger partial charge in [0.15, 0.2) is 5.41 Å². The highest BCUT2D eigenvalue weighted by molar-refractivity contribution is 5.90. The molecule has 0 N–H and O–H groups in total. The van der Waals surface area contributed by atoms with E-state index in [1.165, 1.54) is 48.5 Å². The zero-order valence-electron chi connectivity index (χ0n) is 16.4. The molecule has 1 fully saturated rings. The molecule has 2 atom stereocenters. The summed E-state index contributed by atoms with van der Waals surface area (Å²) in [5, 5.41) is 32.7. The zero-order valence-corrected chi connectivity index (χ0v) is 16.4. The second-order valence-corrected chi connectivity index (χ2v) is 7.23. The first-order valence-electron chi connectivity index (χ1n) is 9.24. The monoisotopic (exact) mass is 423 g/mol.